The Labute approximate surface area is 142 Å². The van der Waals surface area contributed by atoms with Crippen molar-refractivity contribution < 1.29 is 14.3 Å². The second kappa shape index (κ2) is 7.06. The number of nitrogens with zero attached hydrogens (tertiary/aromatic N) is 1. The maximum Gasteiger partial charge on any atom is 0.337 e. The van der Waals surface area contributed by atoms with Crippen LogP contribution in [0.4, 0.5) is 5.69 Å². The summed E-state index contributed by atoms with van der Waals surface area (Å²) in [5.74, 6) is -0.709. The number of rotatable bonds is 4. The fourth-order valence-corrected chi connectivity index (χ4v) is 2.90. The molecule has 24 heavy (non-hydrogen) atoms. The summed E-state index contributed by atoms with van der Waals surface area (Å²) in [4.78, 5) is 28.0. The molecule has 0 aliphatic heterocycles. The Balaban J connectivity index is 1.71. The third-order valence-corrected chi connectivity index (χ3v) is 4.21. The minimum Gasteiger partial charge on any atom is -0.465 e. The number of aromatic nitrogens is 1. The standard InChI is InChI=1S/C18H14N2O3S/c1-23-18(22)13-7-9-14(10-8-13)19-16(21)15-11-24-17(20-15)12-5-3-2-4-6-12/h2-11H,1H3,(H,19,21). The van der Waals surface area contributed by atoms with Gasteiger partial charge in [0.15, 0.2) is 0 Å². The molecule has 0 radical (unpaired) electrons. The van der Waals surface area contributed by atoms with E-state index in [0.717, 1.165) is 10.6 Å². The third-order valence-electron chi connectivity index (χ3n) is 3.32. The molecule has 1 amide bonds. The fourth-order valence-electron chi connectivity index (χ4n) is 2.09. The highest BCUT2D eigenvalue weighted by atomic mass is 32.1. The lowest BCUT2D eigenvalue weighted by Crippen LogP contribution is -2.12. The van der Waals surface area contributed by atoms with Crippen molar-refractivity contribution in [3.63, 3.8) is 0 Å². The number of anilines is 1. The molecule has 6 heteroatoms. The first kappa shape index (κ1) is 15.9. The molecule has 1 N–H and O–H groups in total. The number of amides is 1. The van der Waals surface area contributed by atoms with Gasteiger partial charge in [-0.05, 0) is 24.3 Å². The van der Waals surface area contributed by atoms with Crippen molar-refractivity contribution in [1.29, 1.82) is 0 Å². The minimum atomic E-state index is -0.417. The number of thiazole rings is 1. The first-order valence-corrected chi connectivity index (χ1v) is 8.06. The molecular weight excluding hydrogens is 324 g/mol. The maximum atomic E-state index is 12.3. The van der Waals surface area contributed by atoms with E-state index in [1.807, 2.05) is 30.3 Å². The van der Waals surface area contributed by atoms with Gasteiger partial charge >= 0.3 is 5.97 Å². The van der Waals surface area contributed by atoms with Crippen LogP contribution in [0.15, 0.2) is 60.0 Å². The first-order valence-electron chi connectivity index (χ1n) is 7.18. The second-order valence-electron chi connectivity index (χ2n) is 4.93. The number of esters is 1. The molecule has 3 aromatic rings. The van der Waals surface area contributed by atoms with Gasteiger partial charge in [-0.1, -0.05) is 30.3 Å². The van der Waals surface area contributed by atoms with E-state index in [9.17, 15) is 9.59 Å². The van der Waals surface area contributed by atoms with E-state index < -0.39 is 5.97 Å². The predicted octanol–water partition coefficient (Wildman–Crippen LogP) is 3.85. The molecule has 0 aliphatic carbocycles. The van der Waals surface area contributed by atoms with Crippen molar-refractivity contribution in [2.24, 2.45) is 0 Å². The molecule has 0 fully saturated rings. The number of hydrogen-bond donors (Lipinski definition) is 1. The number of nitrogens with one attached hydrogen (secondary N) is 1. The predicted molar refractivity (Wildman–Crippen MR) is 93.3 cm³/mol. The van der Waals surface area contributed by atoms with Gasteiger partial charge in [0.1, 0.15) is 10.7 Å². The molecule has 0 saturated heterocycles. The van der Waals surface area contributed by atoms with Gasteiger partial charge in [0, 0.05) is 16.6 Å². The molecule has 0 saturated carbocycles. The summed E-state index contributed by atoms with van der Waals surface area (Å²) in [5, 5.41) is 5.28. The lowest BCUT2D eigenvalue weighted by atomic mass is 10.2. The second-order valence-corrected chi connectivity index (χ2v) is 5.79. The topological polar surface area (TPSA) is 68.3 Å². The van der Waals surface area contributed by atoms with Gasteiger partial charge in [-0.3, -0.25) is 4.79 Å². The summed E-state index contributed by atoms with van der Waals surface area (Å²) in [6.45, 7) is 0. The number of carbonyl (C=O) groups is 2. The van der Waals surface area contributed by atoms with Crippen molar-refractivity contribution in [2.75, 3.05) is 12.4 Å². The van der Waals surface area contributed by atoms with Gasteiger partial charge < -0.3 is 10.1 Å². The zero-order valence-corrected chi connectivity index (χ0v) is 13.7. The van der Waals surface area contributed by atoms with Gasteiger partial charge in [0.2, 0.25) is 0 Å². The highest BCUT2D eigenvalue weighted by Crippen LogP contribution is 2.23. The van der Waals surface area contributed by atoms with Crippen LogP contribution in [0.5, 0.6) is 0 Å². The Kier molecular flexibility index (Phi) is 4.67. The highest BCUT2D eigenvalue weighted by molar-refractivity contribution is 7.13. The van der Waals surface area contributed by atoms with E-state index in [1.165, 1.54) is 18.4 Å². The van der Waals surface area contributed by atoms with E-state index in [2.05, 4.69) is 15.0 Å². The normalized spacial score (nSPS) is 10.2. The average Bonchev–Trinajstić information content (AvgIpc) is 3.13. The van der Waals surface area contributed by atoms with Gasteiger partial charge in [-0.2, -0.15) is 0 Å². The molecule has 0 atom stereocenters. The Morgan fingerprint density at radius 1 is 1.04 bits per heavy atom. The monoisotopic (exact) mass is 338 g/mol. The summed E-state index contributed by atoms with van der Waals surface area (Å²) < 4.78 is 4.64. The Bertz CT molecular complexity index is 857. The lowest BCUT2D eigenvalue weighted by Gasteiger charge is -2.04. The summed E-state index contributed by atoms with van der Waals surface area (Å²) in [7, 11) is 1.32. The van der Waals surface area contributed by atoms with Crippen LogP contribution in [0, 0.1) is 0 Å². The van der Waals surface area contributed by atoms with Crippen molar-refractivity contribution in [2.45, 2.75) is 0 Å². The third kappa shape index (κ3) is 3.49. The Hall–Kier alpha value is -2.99. The molecule has 1 aromatic heterocycles. The SMILES string of the molecule is COC(=O)c1ccc(NC(=O)c2csc(-c3ccccc3)n2)cc1. The molecule has 0 bridgehead atoms. The number of hydrogen-bond acceptors (Lipinski definition) is 5. The van der Waals surface area contributed by atoms with Gasteiger partial charge in [-0.15, -0.1) is 11.3 Å². The van der Waals surface area contributed by atoms with Crippen LogP contribution in [-0.4, -0.2) is 24.0 Å². The molecule has 0 aliphatic rings. The van der Waals surface area contributed by atoms with Crippen LogP contribution in [0.3, 0.4) is 0 Å². The summed E-state index contributed by atoms with van der Waals surface area (Å²) in [5.41, 5.74) is 2.34. The Morgan fingerprint density at radius 3 is 2.42 bits per heavy atom. The van der Waals surface area contributed by atoms with Crippen LogP contribution in [0.25, 0.3) is 10.6 Å². The van der Waals surface area contributed by atoms with Gasteiger partial charge in [0.25, 0.3) is 5.91 Å². The lowest BCUT2D eigenvalue weighted by molar-refractivity contribution is 0.0600. The molecule has 3 rings (SSSR count). The largest absolute Gasteiger partial charge is 0.465 e. The van der Waals surface area contributed by atoms with Crippen LogP contribution in [0.1, 0.15) is 20.8 Å². The van der Waals surface area contributed by atoms with Crippen molar-refractivity contribution in [1.82, 2.24) is 4.98 Å². The molecule has 120 valence electrons. The summed E-state index contributed by atoms with van der Waals surface area (Å²) in [6, 6.07) is 16.2. The fraction of sp³-hybridized carbons (Fsp3) is 0.0556. The van der Waals surface area contributed by atoms with E-state index in [4.69, 9.17) is 0 Å². The molecule has 5 nitrogen and oxygen atoms in total. The molecule has 0 unspecified atom stereocenters. The van der Waals surface area contributed by atoms with Crippen LogP contribution in [-0.2, 0) is 4.74 Å². The van der Waals surface area contributed by atoms with Crippen molar-refractivity contribution in [3.8, 4) is 10.6 Å². The molecule has 0 spiro atoms. The quantitative estimate of drug-likeness (QED) is 0.734. The maximum absolute atomic E-state index is 12.3. The van der Waals surface area contributed by atoms with Gasteiger partial charge in [-0.25, -0.2) is 9.78 Å². The van der Waals surface area contributed by atoms with Crippen molar-refractivity contribution >= 4 is 28.9 Å². The van der Waals surface area contributed by atoms with Crippen LogP contribution < -0.4 is 5.32 Å². The highest BCUT2D eigenvalue weighted by Gasteiger charge is 2.12. The van der Waals surface area contributed by atoms with Gasteiger partial charge in [0.05, 0.1) is 12.7 Å². The number of methoxy groups -OCH3 is 1. The zero-order chi connectivity index (χ0) is 16.9. The van der Waals surface area contributed by atoms with E-state index >= 15 is 0 Å². The molecule has 1 heterocycles. The summed E-state index contributed by atoms with van der Waals surface area (Å²) >= 11 is 1.42. The van der Waals surface area contributed by atoms with E-state index in [1.54, 1.807) is 29.6 Å². The number of ether oxygens (including phenoxy) is 1. The van der Waals surface area contributed by atoms with Crippen molar-refractivity contribution in [3.05, 3.63) is 71.2 Å². The number of carbonyl (C=O) groups excluding carboxylic acids is 2. The summed E-state index contributed by atoms with van der Waals surface area (Å²) in [6.07, 6.45) is 0. The minimum absolute atomic E-state index is 0.292. The van der Waals surface area contributed by atoms with E-state index in [-0.39, 0.29) is 5.91 Å². The average molecular weight is 338 g/mol. The number of benzene rings is 2. The molecule has 2 aromatic carbocycles. The Morgan fingerprint density at radius 2 is 1.75 bits per heavy atom. The van der Waals surface area contributed by atoms with Crippen LogP contribution in [0.2, 0.25) is 0 Å². The zero-order valence-electron chi connectivity index (χ0n) is 12.9. The van der Waals surface area contributed by atoms with E-state index in [0.29, 0.717) is 16.9 Å². The molecular formula is C18H14N2O3S. The first-order chi connectivity index (χ1) is 11.7. The smallest absolute Gasteiger partial charge is 0.337 e. The van der Waals surface area contributed by atoms with Crippen LogP contribution >= 0.6 is 11.3 Å².